The summed E-state index contributed by atoms with van der Waals surface area (Å²) in [6.45, 7) is 0. The highest BCUT2D eigenvalue weighted by Gasteiger charge is 2.05. The van der Waals surface area contributed by atoms with Crippen LogP contribution in [0.2, 0.25) is 0 Å². The van der Waals surface area contributed by atoms with Gasteiger partial charge in [0.2, 0.25) is 5.88 Å². The maximum Gasteiger partial charge on any atom is 0.225 e. The highest BCUT2D eigenvalue weighted by molar-refractivity contribution is 5.39. The monoisotopic (exact) mass is 204 g/mol. The van der Waals surface area contributed by atoms with Crippen molar-refractivity contribution in [3.63, 3.8) is 0 Å². The highest BCUT2D eigenvalue weighted by Crippen LogP contribution is 2.18. The van der Waals surface area contributed by atoms with E-state index in [1.165, 1.54) is 0 Å². The SMILES string of the molecule is COc1cccc(Cc2cnoc2N)c1. The van der Waals surface area contributed by atoms with Gasteiger partial charge in [0.15, 0.2) is 0 Å². The second-order valence-corrected chi connectivity index (χ2v) is 3.24. The lowest BCUT2D eigenvalue weighted by molar-refractivity contribution is 0.414. The summed E-state index contributed by atoms with van der Waals surface area (Å²) in [5, 5.41) is 3.63. The largest absolute Gasteiger partial charge is 0.497 e. The van der Waals surface area contributed by atoms with Crippen molar-refractivity contribution in [1.82, 2.24) is 5.16 Å². The fourth-order valence-corrected chi connectivity index (χ4v) is 1.40. The van der Waals surface area contributed by atoms with Crippen molar-refractivity contribution in [2.75, 3.05) is 12.8 Å². The predicted molar refractivity (Wildman–Crippen MR) is 56.7 cm³/mol. The van der Waals surface area contributed by atoms with E-state index in [0.717, 1.165) is 16.9 Å². The molecule has 0 bridgehead atoms. The van der Waals surface area contributed by atoms with Crippen LogP contribution in [-0.2, 0) is 6.42 Å². The summed E-state index contributed by atoms with van der Waals surface area (Å²) < 4.78 is 9.92. The van der Waals surface area contributed by atoms with Gasteiger partial charge in [-0.05, 0) is 17.7 Å². The minimum absolute atomic E-state index is 0.373. The topological polar surface area (TPSA) is 61.3 Å². The van der Waals surface area contributed by atoms with Gasteiger partial charge < -0.3 is 15.0 Å². The van der Waals surface area contributed by atoms with Crippen molar-refractivity contribution in [1.29, 1.82) is 0 Å². The van der Waals surface area contributed by atoms with Crippen LogP contribution in [0.4, 0.5) is 5.88 Å². The summed E-state index contributed by atoms with van der Waals surface area (Å²) >= 11 is 0. The van der Waals surface area contributed by atoms with Crippen LogP contribution in [0.5, 0.6) is 5.75 Å². The van der Waals surface area contributed by atoms with Crippen molar-refractivity contribution in [3.05, 3.63) is 41.6 Å². The molecule has 0 saturated carbocycles. The number of nitrogen functional groups attached to an aromatic ring is 1. The second kappa shape index (κ2) is 4.04. The molecule has 1 aromatic carbocycles. The fourth-order valence-electron chi connectivity index (χ4n) is 1.40. The minimum atomic E-state index is 0.373. The van der Waals surface area contributed by atoms with Gasteiger partial charge in [0, 0.05) is 12.0 Å². The van der Waals surface area contributed by atoms with E-state index < -0.39 is 0 Å². The summed E-state index contributed by atoms with van der Waals surface area (Å²) in [5.74, 6) is 1.21. The van der Waals surface area contributed by atoms with E-state index in [0.29, 0.717) is 12.3 Å². The molecule has 1 heterocycles. The summed E-state index contributed by atoms with van der Waals surface area (Å²) in [6, 6.07) is 7.82. The van der Waals surface area contributed by atoms with E-state index in [1.54, 1.807) is 13.3 Å². The Hall–Kier alpha value is -1.97. The predicted octanol–water partition coefficient (Wildman–Crippen LogP) is 1.86. The lowest BCUT2D eigenvalue weighted by atomic mass is 10.1. The van der Waals surface area contributed by atoms with Crippen molar-refractivity contribution in [2.45, 2.75) is 6.42 Å². The second-order valence-electron chi connectivity index (χ2n) is 3.24. The maximum absolute atomic E-state index is 5.60. The first-order valence-electron chi connectivity index (χ1n) is 4.61. The molecule has 0 aliphatic rings. The van der Waals surface area contributed by atoms with Crippen molar-refractivity contribution in [2.24, 2.45) is 0 Å². The normalized spacial score (nSPS) is 10.2. The first-order valence-corrected chi connectivity index (χ1v) is 4.61. The first-order chi connectivity index (χ1) is 7.29. The van der Waals surface area contributed by atoms with E-state index in [4.69, 9.17) is 15.0 Å². The molecule has 4 heteroatoms. The molecule has 0 unspecified atom stereocenters. The lowest BCUT2D eigenvalue weighted by Gasteiger charge is -2.02. The molecule has 0 aliphatic carbocycles. The Morgan fingerprint density at radius 1 is 1.47 bits per heavy atom. The quantitative estimate of drug-likeness (QED) is 0.828. The third-order valence-corrected chi connectivity index (χ3v) is 2.20. The Balaban J connectivity index is 2.21. The maximum atomic E-state index is 5.60. The third kappa shape index (κ3) is 2.10. The van der Waals surface area contributed by atoms with Crippen LogP contribution >= 0.6 is 0 Å². The number of hydrogen-bond acceptors (Lipinski definition) is 4. The Kier molecular flexibility index (Phi) is 2.58. The van der Waals surface area contributed by atoms with Crippen LogP contribution in [0.25, 0.3) is 0 Å². The van der Waals surface area contributed by atoms with Crippen LogP contribution in [0.3, 0.4) is 0 Å². The summed E-state index contributed by atoms with van der Waals surface area (Å²) in [4.78, 5) is 0. The van der Waals surface area contributed by atoms with Gasteiger partial charge in [0.25, 0.3) is 0 Å². The molecule has 0 atom stereocenters. The van der Waals surface area contributed by atoms with Gasteiger partial charge in [-0.1, -0.05) is 17.3 Å². The van der Waals surface area contributed by atoms with Crippen LogP contribution in [0.15, 0.2) is 35.0 Å². The molecule has 0 spiro atoms. The molecule has 2 aromatic rings. The molecule has 0 fully saturated rings. The zero-order chi connectivity index (χ0) is 10.7. The Bertz CT molecular complexity index is 451. The van der Waals surface area contributed by atoms with Crippen molar-refractivity contribution >= 4 is 5.88 Å². The highest BCUT2D eigenvalue weighted by atomic mass is 16.5. The molecule has 2 rings (SSSR count). The molecule has 0 radical (unpaired) electrons. The summed E-state index contributed by atoms with van der Waals surface area (Å²) in [5.41, 5.74) is 7.61. The Morgan fingerprint density at radius 2 is 2.33 bits per heavy atom. The van der Waals surface area contributed by atoms with E-state index >= 15 is 0 Å². The smallest absolute Gasteiger partial charge is 0.225 e. The lowest BCUT2D eigenvalue weighted by Crippen LogP contribution is -1.92. The van der Waals surface area contributed by atoms with Crippen LogP contribution in [-0.4, -0.2) is 12.3 Å². The molecule has 0 saturated heterocycles. The summed E-state index contributed by atoms with van der Waals surface area (Å²) in [6.07, 6.45) is 2.33. The van der Waals surface area contributed by atoms with Gasteiger partial charge in [-0.25, -0.2) is 0 Å². The van der Waals surface area contributed by atoms with Gasteiger partial charge in [0.1, 0.15) is 5.75 Å². The van der Waals surface area contributed by atoms with Crippen molar-refractivity contribution in [3.8, 4) is 5.75 Å². The number of nitrogens with two attached hydrogens (primary N) is 1. The van der Waals surface area contributed by atoms with Gasteiger partial charge >= 0.3 is 0 Å². The number of benzene rings is 1. The van der Waals surface area contributed by atoms with Crippen molar-refractivity contribution < 1.29 is 9.26 Å². The molecule has 78 valence electrons. The average molecular weight is 204 g/mol. The number of anilines is 1. The van der Waals surface area contributed by atoms with E-state index in [-0.39, 0.29) is 0 Å². The first kappa shape index (κ1) is 9.58. The zero-order valence-corrected chi connectivity index (χ0v) is 8.43. The molecule has 1 aromatic heterocycles. The molecule has 15 heavy (non-hydrogen) atoms. The molecule has 0 aliphatic heterocycles. The fraction of sp³-hybridized carbons (Fsp3) is 0.182. The molecular formula is C11H12N2O2. The molecule has 2 N–H and O–H groups in total. The van der Waals surface area contributed by atoms with Gasteiger partial charge in [0.05, 0.1) is 13.3 Å². The van der Waals surface area contributed by atoms with Gasteiger partial charge in [-0.3, -0.25) is 0 Å². The van der Waals surface area contributed by atoms with E-state index in [9.17, 15) is 0 Å². The zero-order valence-electron chi connectivity index (χ0n) is 8.43. The number of hydrogen-bond donors (Lipinski definition) is 1. The van der Waals surface area contributed by atoms with E-state index in [2.05, 4.69) is 5.16 Å². The molecular weight excluding hydrogens is 192 g/mol. The number of aromatic nitrogens is 1. The van der Waals surface area contributed by atoms with Gasteiger partial charge in [-0.15, -0.1) is 0 Å². The standard InChI is InChI=1S/C11H12N2O2/c1-14-10-4-2-3-8(6-10)5-9-7-13-15-11(9)12/h2-4,6-7H,5,12H2,1H3. The van der Waals surface area contributed by atoms with Crippen LogP contribution < -0.4 is 10.5 Å². The number of nitrogens with zero attached hydrogens (tertiary/aromatic N) is 1. The number of methoxy groups -OCH3 is 1. The number of rotatable bonds is 3. The molecule has 4 nitrogen and oxygen atoms in total. The Morgan fingerprint density at radius 3 is 3.00 bits per heavy atom. The Labute approximate surface area is 87.6 Å². The van der Waals surface area contributed by atoms with Crippen LogP contribution in [0, 0.1) is 0 Å². The third-order valence-electron chi connectivity index (χ3n) is 2.20. The minimum Gasteiger partial charge on any atom is -0.497 e. The van der Waals surface area contributed by atoms with Gasteiger partial charge in [-0.2, -0.15) is 0 Å². The molecule has 0 amide bonds. The average Bonchev–Trinajstić information content (AvgIpc) is 2.65. The van der Waals surface area contributed by atoms with Crippen LogP contribution in [0.1, 0.15) is 11.1 Å². The summed E-state index contributed by atoms with van der Waals surface area (Å²) in [7, 11) is 1.65. The van der Waals surface area contributed by atoms with E-state index in [1.807, 2.05) is 24.3 Å². The number of ether oxygens (including phenoxy) is 1.